The fourth-order valence-corrected chi connectivity index (χ4v) is 4.57. The van der Waals surface area contributed by atoms with E-state index in [1.54, 1.807) is 6.07 Å². The van der Waals surface area contributed by atoms with Gasteiger partial charge in [-0.25, -0.2) is 9.97 Å². The highest BCUT2D eigenvalue weighted by atomic mass is 32.1. The fourth-order valence-electron chi connectivity index (χ4n) is 3.76. The molecule has 3 heterocycles. The molecule has 4 aromatic rings. The average molecular weight is 417 g/mol. The minimum absolute atomic E-state index is 0.413. The molecular weight excluding hydrogens is 396 g/mol. The minimum atomic E-state index is -0.489. The van der Waals surface area contributed by atoms with Crippen molar-refractivity contribution < 1.29 is 4.79 Å². The number of carbonyl (C=O) groups is 1. The number of aromatic nitrogens is 3. The summed E-state index contributed by atoms with van der Waals surface area (Å²) in [6.45, 7) is 1.59. The minimum Gasteiger partial charge on any atom is -0.366 e. The first kappa shape index (κ1) is 18.5. The van der Waals surface area contributed by atoms with E-state index in [4.69, 9.17) is 15.7 Å². The van der Waals surface area contributed by atoms with Gasteiger partial charge in [0.15, 0.2) is 5.82 Å². The number of amides is 1. The highest BCUT2D eigenvalue weighted by molar-refractivity contribution is 7.11. The maximum Gasteiger partial charge on any atom is 0.250 e. The van der Waals surface area contributed by atoms with Gasteiger partial charge in [-0.05, 0) is 29.6 Å². The summed E-state index contributed by atoms with van der Waals surface area (Å²) in [5.41, 5.74) is 8.84. The summed E-state index contributed by atoms with van der Waals surface area (Å²) in [5, 5.41) is 4.33. The lowest BCUT2D eigenvalue weighted by atomic mass is 10.1. The highest BCUT2D eigenvalue weighted by Gasteiger charge is 2.25. The number of hydrogen-bond acceptors (Lipinski definition) is 7. The van der Waals surface area contributed by atoms with E-state index in [1.165, 1.54) is 17.1 Å². The quantitative estimate of drug-likeness (QED) is 0.517. The molecule has 1 aliphatic heterocycles. The Hall–Kier alpha value is -3.52. The lowest BCUT2D eigenvalue weighted by Gasteiger charge is -2.14. The molecule has 0 bridgehead atoms. The van der Waals surface area contributed by atoms with Crippen LogP contribution in [0.15, 0.2) is 48.5 Å². The average Bonchev–Trinajstić information content (AvgIpc) is 3.36. The Labute approximate surface area is 177 Å². The second kappa shape index (κ2) is 7.38. The molecule has 5 rings (SSSR count). The highest BCUT2D eigenvalue weighted by Crippen LogP contribution is 2.37. The van der Waals surface area contributed by atoms with Gasteiger partial charge in [-0.15, -0.1) is 0 Å². The van der Waals surface area contributed by atoms with Crippen LogP contribution in [-0.4, -0.2) is 33.8 Å². The van der Waals surface area contributed by atoms with Crippen LogP contribution in [0.2, 0.25) is 0 Å². The van der Waals surface area contributed by atoms with Gasteiger partial charge in [-0.2, -0.15) is 4.37 Å². The van der Waals surface area contributed by atoms with Crippen LogP contribution in [0, 0.1) is 0 Å². The molecule has 30 heavy (non-hydrogen) atoms. The maximum absolute atomic E-state index is 11.8. The molecule has 0 spiro atoms. The van der Waals surface area contributed by atoms with Crippen LogP contribution < -0.4 is 16.0 Å². The van der Waals surface area contributed by atoms with Crippen molar-refractivity contribution in [1.29, 1.82) is 0 Å². The van der Waals surface area contributed by atoms with E-state index in [9.17, 15) is 4.79 Å². The van der Waals surface area contributed by atoms with Gasteiger partial charge in [0.25, 0.3) is 5.91 Å². The Morgan fingerprint density at radius 2 is 2.00 bits per heavy atom. The molecule has 0 radical (unpaired) electrons. The van der Waals surface area contributed by atoms with Crippen molar-refractivity contribution in [3.63, 3.8) is 0 Å². The zero-order valence-electron chi connectivity index (χ0n) is 16.4. The number of nitrogens with one attached hydrogen (secondary N) is 1. The molecule has 0 fully saturated rings. The largest absolute Gasteiger partial charge is 0.366 e. The Morgan fingerprint density at radius 1 is 1.17 bits per heavy atom. The van der Waals surface area contributed by atoms with Crippen LogP contribution in [0.1, 0.15) is 21.5 Å². The van der Waals surface area contributed by atoms with Crippen LogP contribution >= 0.6 is 11.5 Å². The third kappa shape index (κ3) is 3.15. The zero-order valence-corrected chi connectivity index (χ0v) is 17.2. The molecule has 7 nitrogen and oxygen atoms in total. The molecule has 0 atom stereocenters. The number of nitrogens with two attached hydrogens (primary N) is 1. The van der Waals surface area contributed by atoms with Gasteiger partial charge in [-0.3, -0.25) is 4.79 Å². The number of likely N-dealkylation sites (N-methyl/N-ethyl adjacent to an activating group) is 1. The molecule has 0 unspecified atom stereocenters. The number of primary amides is 1. The molecule has 0 saturated carbocycles. The Morgan fingerprint density at radius 3 is 2.80 bits per heavy atom. The molecule has 2 aromatic carbocycles. The number of benzene rings is 2. The van der Waals surface area contributed by atoms with Crippen molar-refractivity contribution in [2.45, 2.75) is 13.0 Å². The monoisotopic (exact) mass is 416 g/mol. The van der Waals surface area contributed by atoms with E-state index in [0.717, 1.165) is 40.4 Å². The molecule has 1 amide bonds. The first-order valence-electron chi connectivity index (χ1n) is 9.70. The lowest BCUT2D eigenvalue weighted by molar-refractivity contribution is 0.100. The number of fused-ring (bicyclic) bond motifs is 2. The van der Waals surface area contributed by atoms with Crippen molar-refractivity contribution in [2.75, 3.05) is 23.8 Å². The molecular formula is C22H20N6OS. The van der Waals surface area contributed by atoms with Gasteiger partial charge in [0.2, 0.25) is 0 Å². The number of hydrogen-bond donors (Lipinski definition) is 2. The third-order valence-corrected chi connectivity index (χ3v) is 6.18. The first-order valence-corrected chi connectivity index (χ1v) is 10.5. The Kier molecular flexibility index (Phi) is 4.55. The smallest absolute Gasteiger partial charge is 0.250 e. The van der Waals surface area contributed by atoms with E-state index < -0.39 is 5.91 Å². The Bertz CT molecular complexity index is 1250. The predicted molar refractivity (Wildman–Crippen MR) is 120 cm³/mol. The lowest BCUT2D eigenvalue weighted by Crippen LogP contribution is -2.14. The summed E-state index contributed by atoms with van der Waals surface area (Å²) in [6, 6.07) is 15.7. The van der Waals surface area contributed by atoms with Crippen LogP contribution in [-0.2, 0) is 13.0 Å². The van der Waals surface area contributed by atoms with Crippen molar-refractivity contribution in [2.24, 2.45) is 5.73 Å². The van der Waals surface area contributed by atoms with Crippen LogP contribution in [0.4, 0.5) is 11.6 Å². The second-order valence-electron chi connectivity index (χ2n) is 7.29. The van der Waals surface area contributed by atoms with Gasteiger partial charge >= 0.3 is 0 Å². The van der Waals surface area contributed by atoms with Gasteiger partial charge in [0.05, 0.1) is 11.1 Å². The zero-order chi connectivity index (χ0) is 20.7. The number of anilines is 2. The molecule has 3 N–H and O–H groups in total. The first-order chi connectivity index (χ1) is 14.6. The van der Waals surface area contributed by atoms with E-state index in [2.05, 4.69) is 26.7 Å². The number of nitrogens with zero attached hydrogens (tertiary/aromatic N) is 4. The molecule has 0 aliphatic carbocycles. The van der Waals surface area contributed by atoms with Crippen molar-refractivity contribution in [3.05, 3.63) is 65.2 Å². The summed E-state index contributed by atoms with van der Waals surface area (Å²) < 4.78 is 4.48. The van der Waals surface area contributed by atoms with E-state index in [0.29, 0.717) is 23.4 Å². The second-order valence-corrected chi connectivity index (χ2v) is 8.06. The van der Waals surface area contributed by atoms with Crippen LogP contribution in [0.5, 0.6) is 0 Å². The van der Waals surface area contributed by atoms with E-state index in [1.807, 2.05) is 37.4 Å². The molecule has 150 valence electrons. The molecule has 0 saturated heterocycles. The summed E-state index contributed by atoms with van der Waals surface area (Å²) in [5.74, 6) is 1.89. The molecule has 1 aliphatic rings. The number of carbonyl (C=O) groups excluding carboxylic acids is 1. The summed E-state index contributed by atoms with van der Waals surface area (Å²) in [6.07, 6.45) is 0.901. The Balaban J connectivity index is 1.60. The normalized spacial score (nSPS) is 12.9. The predicted octanol–water partition coefficient (Wildman–Crippen LogP) is 3.46. The van der Waals surface area contributed by atoms with Gasteiger partial charge < -0.3 is 16.0 Å². The van der Waals surface area contributed by atoms with Crippen LogP contribution in [0.3, 0.4) is 0 Å². The summed E-state index contributed by atoms with van der Waals surface area (Å²) in [7, 11) is 2.04. The van der Waals surface area contributed by atoms with E-state index in [-0.39, 0.29) is 0 Å². The van der Waals surface area contributed by atoms with Gasteiger partial charge in [0, 0.05) is 31.1 Å². The molecule has 8 heteroatoms. The van der Waals surface area contributed by atoms with E-state index >= 15 is 0 Å². The van der Waals surface area contributed by atoms with Gasteiger partial charge in [0.1, 0.15) is 16.5 Å². The topological polar surface area (TPSA) is 97.0 Å². The van der Waals surface area contributed by atoms with Gasteiger partial charge in [-0.1, -0.05) is 42.5 Å². The number of rotatable bonds is 5. The summed E-state index contributed by atoms with van der Waals surface area (Å²) >= 11 is 1.29. The fraction of sp³-hybridized carbons (Fsp3) is 0.182. The third-order valence-electron chi connectivity index (χ3n) is 5.32. The van der Waals surface area contributed by atoms with Crippen molar-refractivity contribution >= 4 is 40.0 Å². The summed E-state index contributed by atoms with van der Waals surface area (Å²) in [4.78, 5) is 24.5. The standard InChI is InChI=1S/C22H20N6OS/c1-28-11-10-16-20(24-12-13-6-3-2-4-7-13)25-21(26-22(16)28)18-14-8-5-9-15(19(23)29)17(14)27-30-18/h2-9H,10-12H2,1H3,(H2,23,29)(H,24,25,26). The SMILES string of the molecule is CN1CCc2c(NCc3ccccc3)nc(-c3snc4c(C(N)=O)cccc34)nc21. The van der Waals surface area contributed by atoms with Crippen molar-refractivity contribution in [3.8, 4) is 10.7 Å². The van der Waals surface area contributed by atoms with Crippen LogP contribution in [0.25, 0.3) is 21.6 Å². The maximum atomic E-state index is 11.8. The molecule has 2 aromatic heterocycles. The van der Waals surface area contributed by atoms with Crippen molar-refractivity contribution in [1.82, 2.24) is 14.3 Å².